The molecule has 0 bridgehead atoms. The number of ketones is 1. The smallest absolute Gasteiger partial charge is 0.409 e. The van der Waals surface area contributed by atoms with Gasteiger partial charge in [-0.05, 0) is 38.0 Å². The van der Waals surface area contributed by atoms with Gasteiger partial charge in [0.1, 0.15) is 11.4 Å². The van der Waals surface area contributed by atoms with Crippen molar-refractivity contribution in [2.45, 2.75) is 45.6 Å². The zero-order valence-electron chi connectivity index (χ0n) is 14.0. The molecule has 1 saturated heterocycles. The average Bonchev–Trinajstić information content (AvgIpc) is 2.52. The first-order valence-corrected chi connectivity index (χ1v) is 8.20. The molecule has 1 spiro atoms. The van der Waals surface area contributed by atoms with E-state index in [2.05, 4.69) is 0 Å². The highest BCUT2D eigenvalue weighted by Crippen LogP contribution is 2.41. The van der Waals surface area contributed by atoms with Crippen LogP contribution in [0, 0.1) is 13.8 Å². The number of carbonyl (C=O) groups is 2. The Bertz CT molecular complexity index is 645. The zero-order chi connectivity index (χ0) is 16.6. The molecular weight excluding hydrogens is 294 g/mol. The molecule has 0 N–H and O–H groups in total. The van der Waals surface area contributed by atoms with Gasteiger partial charge in [0, 0.05) is 25.9 Å². The van der Waals surface area contributed by atoms with Crippen molar-refractivity contribution in [1.29, 1.82) is 0 Å². The normalized spacial score (nSPS) is 19.3. The van der Waals surface area contributed by atoms with Crippen molar-refractivity contribution in [3.8, 4) is 5.75 Å². The predicted octanol–water partition coefficient (Wildman–Crippen LogP) is 3.26. The number of nitrogens with zero attached hydrogens (tertiary/aromatic N) is 1. The number of hydrogen-bond acceptors (Lipinski definition) is 4. The van der Waals surface area contributed by atoms with Crippen molar-refractivity contribution >= 4 is 11.9 Å². The first-order chi connectivity index (χ1) is 11.0. The van der Waals surface area contributed by atoms with Crippen LogP contribution >= 0.6 is 0 Å². The summed E-state index contributed by atoms with van der Waals surface area (Å²) in [4.78, 5) is 26.1. The number of rotatable bonds is 1. The number of likely N-dealkylation sites (tertiary alicyclic amines) is 1. The summed E-state index contributed by atoms with van der Waals surface area (Å²) in [6.07, 6.45) is 1.42. The van der Waals surface area contributed by atoms with E-state index < -0.39 is 5.60 Å². The number of Topliss-reactive ketones (excluding diaryl/α,β-unsaturated/α-hetero) is 1. The van der Waals surface area contributed by atoms with Crippen molar-refractivity contribution in [3.63, 3.8) is 0 Å². The molecule has 0 radical (unpaired) electrons. The summed E-state index contributed by atoms with van der Waals surface area (Å²) in [6.45, 7) is 7.32. The van der Waals surface area contributed by atoms with Gasteiger partial charge in [-0.2, -0.15) is 0 Å². The van der Waals surface area contributed by atoms with Crippen LogP contribution in [-0.4, -0.2) is 42.1 Å². The van der Waals surface area contributed by atoms with Crippen LogP contribution in [0.25, 0.3) is 0 Å². The Kier molecular flexibility index (Phi) is 4.04. The van der Waals surface area contributed by atoms with Crippen LogP contribution in [0.1, 0.15) is 47.7 Å². The molecule has 0 saturated carbocycles. The molecule has 1 amide bonds. The molecule has 0 aromatic heterocycles. The Labute approximate surface area is 136 Å². The van der Waals surface area contributed by atoms with Crippen LogP contribution in [0.5, 0.6) is 5.75 Å². The summed E-state index contributed by atoms with van der Waals surface area (Å²) in [7, 11) is 0. The van der Waals surface area contributed by atoms with Crippen LogP contribution in [0.15, 0.2) is 12.1 Å². The lowest BCUT2D eigenvalue weighted by atomic mass is 9.81. The van der Waals surface area contributed by atoms with E-state index in [9.17, 15) is 9.59 Å². The Balaban J connectivity index is 1.80. The lowest BCUT2D eigenvalue weighted by Crippen LogP contribution is -2.52. The van der Waals surface area contributed by atoms with Crippen molar-refractivity contribution < 1.29 is 19.1 Å². The molecule has 23 heavy (non-hydrogen) atoms. The molecule has 0 atom stereocenters. The molecule has 5 nitrogen and oxygen atoms in total. The summed E-state index contributed by atoms with van der Waals surface area (Å²) in [5.74, 6) is 0.866. The number of amides is 1. The van der Waals surface area contributed by atoms with Crippen molar-refractivity contribution in [2.24, 2.45) is 0 Å². The molecule has 1 fully saturated rings. The lowest BCUT2D eigenvalue weighted by molar-refractivity contribution is -0.00908. The first kappa shape index (κ1) is 15.8. The molecule has 5 heteroatoms. The summed E-state index contributed by atoms with van der Waals surface area (Å²) in [5, 5.41) is 0. The maximum atomic E-state index is 12.6. The number of carbonyl (C=O) groups excluding carboxylic acids is 2. The van der Waals surface area contributed by atoms with E-state index in [0.29, 0.717) is 44.5 Å². The third-order valence-electron chi connectivity index (χ3n) is 4.98. The van der Waals surface area contributed by atoms with Gasteiger partial charge < -0.3 is 14.4 Å². The van der Waals surface area contributed by atoms with Crippen molar-refractivity contribution in [3.05, 3.63) is 28.8 Å². The molecule has 1 aromatic rings. The lowest BCUT2D eigenvalue weighted by Gasteiger charge is -2.44. The second kappa shape index (κ2) is 5.87. The highest BCUT2D eigenvalue weighted by atomic mass is 16.6. The van der Waals surface area contributed by atoms with E-state index in [4.69, 9.17) is 9.47 Å². The quantitative estimate of drug-likeness (QED) is 0.798. The minimum atomic E-state index is -0.481. The minimum absolute atomic E-state index is 0.138. The van der Waals surface area contributed by atoms with Crippen molar-refractivity contribution in [1.82, 2.24) is 4.90 Å². The molecule has 3 rings (SSSR count). The van der Waals surface area contributed by atoms with Gasteiger partial charge in [0.05, 0.1) is 18.6 Å². The van der Waals surface area contributed by atoms with E-state index in [-0.39, 0.29) is 11.9 Å². The Morgan fingerprint density at radius 3 is 2.65 bits per heavy atom. The predicted molar refractivity (Wildman–Crippen MR) is 86.1 cm³/mol. The summed E-state index contributed by atoms with van der Waals surface area (Å²) >= 11 is 0. The van der Waals surface area contributed by atoms with E-state index in [1.54, 1.807) is 11.8 Å². The van der Waals surface area contributed by atoms with Gasteiger partial charge in [-0.1, -0.05) is 6.07 Å². The second-order valence-electron chi connectivity index (χ2n) is 6.46. The van der Waals surface area contributed by atoms with Crippen molar-refractivity contribution in [2.75, 3.05) is 19.7 Å². The average molecular weight is 317 g/mol. The molecule has 0 unspecified atom stereocenters. The maximum Gasteiger partial charge on any atom is 0.409 e. The third-order valence-corrected chi connectivity index (χ3v) is 4.98. The standard InChI is InChI=1S/C18H23NO4/c1-4-22-17(21)19-9-7-18(8-10-19)11-15(20)14-6-5-12(2)13(3)16(14)23-18/h5-6H,4,7-11H2,1-3H3. The highest BCUT2D eigenvalue weighted by Gasteiger charge is 2.44. The number of hydrogen-bond donors (Lipinski definition) is 0. The van der Waals surface area contributed by atoms with Gasteiger partial charge >= 0.3 is 6.09 Å². The first-order valence-electron chi connectivity index (χ1n) is 8.20. The van der Waals surface area contributed by atoms with Gasteiger partial charge in [-0.3, -0.25) is 4.79 Å². The van der Waals surface area contributed by atoms with E-state index >= 15 is 0 Å². The van der Waals surface area contributed by atoms with E-state index in [1.807, 2.05) is 26.0 Å². The van der Waals surface area contributed by atoms with E-state index in [1.165, 1.54) is 0 Å². The summed E-state index contributed by atoms with van der Waals surface area (Å²) in [5.41, 5.74) is 2.36. The van der Waals surface area contributed by atoms with E-state index in [0.717, 1.165) is 16.9 Å². The number of benzene rings is 1. The molecule has 124 valence electrons. The van der Waals surface area contributed by atoms with Crippen LogP contribution in [0.3, 0.4) is 0 Å². The molecule has 0 aliphatic carbocycles. The fraction of sp³-hybridized carbons (Fsp3) is 0.556. The Morgan fingerprint density at radius 2 is 2.00 bits per heavy atom. The Hall–Kier alpha value is -2.04. The largest absolute Gasteiger partial charge is 0.486 e. The third kappa shape index (κ3) is 2.80. The molecule has 2 heterocycles. The fourth-order valence-corrected chi connectivity index (χ4v) is 3.37. The molecule has 2 aliphatic rings. The zero-order valence-corrected chi connectivity index (χ0v) is 14.0. The number of ether oxygens (including phenoxy) is 2. The monoisotopic (exact) mass is 317 g/mol. The fourth-order valence-electron chi connectivity index (χ4n) is 3.37. The summed E-state index contributed by atoms with van der Waals surface area (Å²) < 4.78 is 11.4. The SMILES string of the molecule is CCOC(=O)N1CCC2(CC1)CC(=O)c1ccc(C)c(C)c1O2. The number of piperidine rings is 1. The van der Waals surface area contributed by atoms with Gasteiger partial charge in [0.2, 0.25) is 0 Å². The summed E-state index contributed by atoms with van der Waals surface area (Å²) in [6, 6.07) is 3.83. The molecular formula is C18H23NO4. The van der Waals surface area contributed by atoms with Crippen LogP contribution in [0.4, 0.5) is 4.79 Å². The number of fused-ring (bicyclic) bond motifs is 1. The van der Waals surface area contributed by atoms with Gasteiger partial charge in [-0.15, -0.1) is 0 Å². The van der Waals surface area contributed by atoms with Gasteiger partial charge in [0.15, 0.2) is 5.78 Å². The molecule has 1 aromatic carbocycles. The topological polar surface area (TPSA) is 55.8 Å². The molecule has 2 aliphatic heterocycles. The van der Waals surface area contributed by atoms with Gasteiger partial charge in [0.25, 0.3) is 0 Å². The second-order valence-corrected chi connectivity index (χ2v) is 6.46. The maximum absolute atomic E-state index is 12.6. The highest BCUT2D eigenvalue weighted by molar-refractivity contribution is 6.01. The van der Waals surface area contributed by atoms with Gasteiger partial charge in [-0.25, -0.2) is 4.79 Å². The van der Waals surface area contributed by atoms with Crippen LogP contribution < -0.4 is 4.74 Å². The minimum Gasteiger partial charge on any atom is -0.486 e. The number of aryl methyl sites for hydroxylation is 1. The van der Waals surface area contributed by atoms with Crippen LogP contribution in [-0.2, 0) is 4.74 Å². The van der Waals surface area contributed by atoms with Crippen LogP contribution in [0.2, 0.25) is 0 Å². The Morgan fingerprint density at radius 1 is 1.30 bits per heavy atom.